The monoisotopic (exact) mass is 424 g/mol. The molecule has 0 spiro atoms. The van der Waals surface area contributed by atoms with Gasteiger partial charge in [0.1, 0.15) is 0 Å². The Labute approximate surface area is 177 Å². The summed E-state index contributed by atoms with van der Waals surface area (Å²) in [4.78, 5) is 31.4. The number of rotatable bonds is 5. The molecule has 0 bridgehead atoms. The lowest BCUT2D eigenvalue weighted by atomic mass is 10.1. The normalized spacial score (nSPS) is 15.4. The van der Waals surface area contributed by atoms with E-state index in [1.54, 1.807) is 30.6 Å². The Balaban J connectivity index is 0.00000196. The van der Waals surface area contributed by atoms with Crippen molar-refractivity contribution >= 4 is 42.3 Å². The van der Waals surface area contributed by atoms with Gasteiger partial charge in [-0.15, -0.1) is 24.8 Å². The third kappa shape index (κ3) is 5.44. The van der Waals surface area contributed by atoms with Crippen molar-refractivity contribution in [2.24, 2.45) is 5.92 Å². The number of pyridine rings is 1. The average Bonchev–Trinajstić information content (AvgIpc) is 3.12. The maximum absolute atomic E-state index is 13.0. The van der Waals surface area contributed by atoms with Crippen LogP contribution in [0.25, 0.3) is 0 Å². The third-order valence-electron chi connectivity index (χ3n) is 4.75. The second-order valence-electron chi connectivity index (χ2n) is 6.65. The molecule has 8 heteroatoms. The smallest absolute Gasteiger partial charge is 0.255 e. The lowest BCUT2D eigenvalue weighted by Crippen LogP contribution is -2.31. The fraction of sp³-hybridized carbons (Fsp3) is 0.350. The Morgan fingerprint density at radius 3 is 2.57 bits per heavy atom. The Morgan fingerprint density at radius 2 is 1.89 bits per heavy atom. The van der Waals surface area contributed by atoms with Crippen molar-refractivity contribution in [3.8, 4) is 0 Å². The van der Waals surface area contributed by atoms with Gasteiger partial charge in [-0.3, -0.25) is 14.6 Å². The molecular formula is C20H26Cl2N4O2. The summed E-state index contributed by atoms with van der Waals surface area (Å²) in [5.74, 6) is 0.200. The molecule has 0 aliphatic carbocycles. The van der Waals surface area contributed by atoms with Crippen LogP contribution in [0.4, 0.5) is 5.69 Å². The van der Waals surface area contributed by atoms with Gasteiger partial charge < -0.3 is 15.5 Å². The maximum atomic E-state index is 13.0. The van der Waals surface area contributed by atoms with Crippen molar-refractivity contribution in [3.63, 3.8) is 0 Å². The number of halogens is 2. The molecule has 1 atom stereocenters. The zero-order valence-corrected chi connectivity index (χ0v) is 17.6. The van der Waals surface area contributed by atoms with Gasteiger partial charge in [0.25, 0.3) is 11.8 Å². The minimum Gasteiger partial charge on any atom is -0.338 e. The molecule has 2 aromatic rings. The molecule has 2 amide bonds. The molecular weight excluding hydrogens is 399 g/mol. The number of nitrogens with zero attached hydrogens (tertiary/aromatic N) is 2. The lowest BCUT2D eigenvalue weighted by Gasteiger charge is -2.20. The molecule has 1 saturated heterocycles. The minimum atomic E-state index is -0.245. The third-order valence-corrected chi connectivity index (χ3v) is 4.75. The average molecular weight is 425 g/mol. The summed E-state index contributed by atoms with van der Waals surface area (Å²) in [6.07, 6.45) is 4.15. The highest BCUT2D eigenvalue weighted by Crippen LogP contribution is 2.25. The first kappa shape index (κ1) is 23.9. The van der Waals surface area contributed by atoms with Gasteiger partial charge in [-0.1, -0.05) is 12.1 Å². The second kappa shape index (κ2) is 11.0. The number of likely N-dealkylation sites (tertiary alicyclic amines) is 1. The standard InChI is InChI=1S/C20H24N4O2.2ClH/c1-14-4-3-5-17(20(26)24-11-8-15(13-24)12-21-2)18(14)23-19(25)16-6-9-22-10-7-16;;/h3-7,9-10,15,21H,8,11-13H2,1-2H3,(H,23,25);2*1H. The number of hydrogen-bond donors (Lipinski definition) is 2. The molecule has 1 aromatic heterocycles. The van der Waals surface area contributed by atoms with Crippen molar-refractivity contribution in [1.29, 1.82) is 0 Å². The van der Waals surface area contributed by atoms with E-state index in [4.69, 9.17) is 0 Å². The van der Waals surface area contributed by atoms with Gasteiger partial charge in [0.15, 0.2) is 0 Å². The Hall–Kier alpha value is -2.15. The number of aryl methyl sites for hydroxylation is 1. The molecule has 2 heterocycles. The van der Waals surface area contributed by atoms with E-state index in [9.17, 15) is 9.59 Å². The van der Waals surface area contributed by atoms with Crippen LogP contribution in [-0.4, -0.2) is 48.4 Å². The fourth-order valence-corrected chi connectivity index (χ4v) is 3.34. The minimum absolute atomic E-state index is 0. The van der Waals surface area contributed by atoms with E-state index < -0.39 is 0 Å². The van der Waals surface area contributed by atoms with Crippen LogP contribution in [0.3, 0.4) is 0 Å². The predicted molar refractivity (Wildman–Crippen MR) is 116 cm³/mol. The maximum Gasteiger partial charge on any atom is 0.255 e. The zero-order valence-electron chi connectivity index (χ0n) is 16.0. The summed E-state index contributed by atoms with van der Waals surface area (Å²) in [7, 11) is 1.93. The van der Waals surface area contributed by atoms with Crippen LogP contribution in [-0.2, 0) is 0 Å². The summed E-state index contributed by atoms with van der Waals surface area (Å²) in [6.45, 7) is 4.29. The van der Waals surface area contributed by atoms with Crippen molar-refractivity contribution in [2.45, 2.75) is 13.3 Å². The molecule has 1 aromatic carbocycles. The number of benzene rings is 1. The molecule has 1 unspecified atom stereocenters. The Morgan fingerprint density at radius 1 is 1.18 bits per heavy atom. The first-order valence-corrected chi connectivity index (χ1v) is 8.85. The molecule has 6 nitrogen and oxygen atoms in total. The van der Waals surface area contributed by atoms with E-state index in [1.807, 2.05) is 31.0 Å². The van der Waals surface area contributed by atoms with Gasteiger partial charge in [-0.25, -0.2) is 0 Å². The largest absolute Gasteiger partial charge is 0.338 e. The van der Waals surface area contributed by atoms with Gasteiger partial charge in [-0.05, 0) is 56.6 Å². The van der Waals surface area contributed by atoms with E-state index >= 15 is 0 Å². The zero-order chi connectivity index (χ0) is 18.5. The highest BCUT2D eigenvalue weighted by atomic mass is 35.5. The number of aromatic nitrogens is 1. The summed E-state index contributed by atoms with van der Waals surface area (Å²) < 4.78 is 0. The molecule has 152 valence electrons. The van der Waals surface area contributed by atoms with Gasteiger partial charge in [-0.2, -0.15) is 0 Å². The molecule has 1 aliphatic heterocycles. The van der Waals surface area contributed by atoms with E-state index in [0.29, 0.717) is 22.7 Å². The molecule has 0 radical (unpaired) electrons. The SMILES string of the molecule is CNCC1CCN(C(=O)c2cccc(C)c2NC(=O)c2ccncc2)C1.Cl.Cl. The Bertz CT molecular complexity index is 802. The van der Waals surface area contributed by atoms with Gasteiger partial charge in [0.05, 0.1) is 11.3 Å². The van der Waals surface area contributed by atoms with Crippen LogP contribution in [0.15, 0.2) is 42.7 Å². The summed E-state index contributed by atoms with van der Waals surface area (Å²) in [5, 5.41) is 6.08. The molecule has 1 aliphatic rings. The molecule has 3 rings (SSSR count). The summed E-state index contributed by atoms with van der Waals surface area (Å²) >= 11 is 0. The van der Waals surface area contributed by atoms with Crippen molar-refractivity contribution < 1.29 is 9.59 Å². The second-order valence-corrected chi connectivity index (χ2v) is 6.65. The first-order chi connectivity index (χ1) is 12.6. The topological polar surface area (TPSA) is 74.3 Å². The van der Waals surface area contributed by atoms with E-state index in [1.165, 1.54) is 0 Å². The van der Waals surface area contributed by atoms with Crippen LogP contribution in [0.5, 0.6) is 0 Å². The molecule has 28 heavy (non-hydrogen) atoms. The van der Waals surface area contributed by atoms with Crippen LogP contribution in [0.1, 0.15) is 32.7 Å². The number of carbonyl (C=O) groups is 2. The van der Waals surface area contributed by atoms with E-state index in [2.05, 4.69) is 15.6 Å². The van der Waals surface area contributed by atoms with Crippen molar-refractivity contribution in [2.75, 3.05) is 32.0 Å². The number of hydrogen-bond acceptors (Lipinski definition) is 4. The Kier molecular flexibility index (Phi) is 9.38. The van der Waals surface area contributed by atoms with Crippen LogP contribution >= 0.6 is 24.8 Å². The van der Waals surface area contributed by atoms with Crippen LogP contribution < -0.4 is 10.6 Å². The number of amides is 2. The van der Waals surface area contributed by atoms with Crippen molar-refractivity contribution in [1.82, 2.24) is 15.2 Å². The number of para-hydroxylation sites is 1. The lowest BCUT2D eigenvalue weighted by molar-refractivity contribution is 0.0788. The summed E-state index contributed by atoms with van der Waals surface area (Å²) in [6, 6.07) is 8.83. The molecule has 2 N–H and O–H groups in total. The molecule has 1 fully saturated rings. The summed E-state index contributed by atoms with van der Waals surface area (Å²) in [5.41, 5.74) is 2.50. The van der Waals surface area contributed by atoms with Gasteiger partial charge in [0.2, 0.25) is 0 Å². The first-order valence-electron chi connectivity index (χ1n) is 8.85. The number of nitrogens with one attached hydrogen (secondary N) is 2. The predicted octanol–water partition coefficient (Wildman–Crippen LogP) is 3.17. The van der Waals surface area contributed by atoms with E-state index in [0.717, 1.165) is 31.6 Å². The van der Waals surface area contributed by atoms with Gasteiger partial charge in [0, 0.05) is 31.0 Å². The van der Waals surface area contributed by atoms with Crippen molar-refractivity contribution in [3.05, 3.63) is 59.4 Å². The van der Waals surface area contributed by atoms with Gasteiger partial charge >= 0.3 is 0 Å². The highest BCUT2D eigenvalue weighted by molar-refractivity contribution is 6.09. The molecule has 0 saturated carbocycles. The number of carbonyl (C=O) groups excluding carboxylic acids is 2. The quantitative estimate of drug-likeness (QED) is 0.772. The fourth-order valence-electron chi connectivity index (χ4n) is 3.34. The van der Waals surface area contributed by atoms with Crippen LogP contribution in [0.2, 0.25) is 0 Å². The number of anilines is 1. The highest BCUT2D eigenvalue weighted by Gasteiger charge is 2.28. The van der Waals surface area contributed by atoms with E-state index in [-0.39, 0.29) is 36.6 Å². The van der Waals surface area contributed by atoms with Crippen LogP contribution in [0, 0.1) is 12.8 Å².